The fourth-order valence-electron chi connectivity index (χ4n) is 4.73. The maximum Gasteiger partial charge on any atom is 0.243 e. The Labute approximate surface area is 213 Å². The number of amides is 2. The smallest absolute Gasteiger partial charge is 0.243 e. The maximum absolute atomic E-state index is 13.8. The molecule has 0 aliphatic heterocycles. The first-order valence-electron chi connectivity index (χ1n) is 12.4. The minimum absolute atomic E-state index is 0.0766. The summed E-state index contributed by atoms with van der Waals surface area (Å²) in [7, 11) is 0. The van der Waals surface area contributed by atoms with Crippen LogP contribution in [0.5, 0.6) is 0 Å². The molecule has 0 spiro atoms. The molecule has 1 fully saturated rings. The first-order valence-corrected chi connectivity index (χ1v) is 12.8. The van der Waals surface area contributed by atoms with Gasteiger partial charge in [0.05, 0.1) is 6.42 Å². The Kier molecular flexibility index (Phi) is 8.59. The number of halogens is 1. The second-order valence-electron chi connectivity index (χ2n) is 9.51. The van der Waals surface area contributed by atoms with Gasteiger partial charge in [-0.25, -0.2) is 0 Å². The van der Waals surface area contributed by atoms with E-state index in [-0.39, 0.29) is 24.3 Å². The van der Waals surface area contributed by atoms with E-state index >= 15 is 0 Å². The van der Waals surface area contributed by atoms with Crippen molar-refractivity contribution in [3.05, 3.63) is 106 Å². The minimum atomic E-state index is -0.606. The van der Waals surface area contributed by atoms with Crippen molar-refractivity contribution in [2.75, 3.05) is 0 Å². The first kappa shape index (κ1) is 25.0. The third-order valence-corrected chi connectivity index (χ3v) is 6.93. The zero-order chi connectivity index (χ0) is 24.6. The lowest BCUT2D eigenvalue weighted by molar-refractivity contribution is -0.141. The van der Waals surface area contributed by atoms with Gasteiger partial charge in [0.1, 0.15) is 6.04 Å². The number of carbonyl (C=O) groups is 2. The van der Waals surface area contributed by atoms with E-state index in [1.54, 1.807) is 11.0 Å². The molecule has 4 rings (SSSR count). The van der Waals surface area contributed by atoms with Gasteiger partial charge in [-0.15, -0.1) is 0 Å². The van der Waals surface area contributed by atoms with Crippen LogP contribution in [0.15, 0.2) is 78.9 Å². The van der Waals surface area contributed by atoms with Gasteiger partial charge in [0.25, 0.3) is 0 Å². The van der Waals surface area contributed by atoms with Gasteiger partial charge in [-0.3, -0.25) is 9.59 Å². The van der Waals surface area contributed by atoms with Crippen molar-refractivity contribution in [1.29, 1.82) is 0 Å². The van der Waals surface area contributed by atoms with Gasteiger partial charge in [-0.2, -0.15) is 0 Å². The molecule has 0 heterocycles. The van der Waals surface area contributed by atoms with Crippen molar-refractivity contribution in [3.8, 4) is 0 Å². The lowest BCUT2D eigenvalue weighted by Crippen LogP contribution is -2.52. The molecule has 1 N–H and O–H groups in total. The van der Waals surface area contributed by atoms with Gasteiger partial charge in [-0.1, -0.05) is 96.7 Å². The van der Waals surface area contributed by atoms with Crippen LogP contribution < -0.4 is 5.32 Å². The van der Waals surface area contributed by atoms with Gasteiger partial charge in [0.2, 0.25) is 11.8 Å². The summed E-state index contributed by atoms with van der Waals surface area (Å²) < 4.78 is 0. The lowest BCUT2D eigenvalue weighted by atomic mass is 10.0. The average Bonchev–Trinajstić information content (AvgIpc) is 3.36. The monoisotopic (exact) mass is 488 g/mol. The highest BCUT2D eigenvalue weighted by atomic mass is 35.5. The molecule has 182 valence electrons. The van der Waals surface area contributed by atoms with E-state index in [9.17, 15) is 9.59 Å². The predicted molar refractivity (Wildman–Crippen MR) is 141 cm³/mol. The highest BCUT2D eigenvalue weighted by molar-refractivity contribution is 6.30. The van der Waals surface area contributed by atoms with Gasteiger partial charge in [-0.05, 0) is 48.6 Å². The normalized spacial score (nSPS) is 14.5. The van der Waals surface area contributed by atoms with Gasteiger partial charge in [0.15, 0.2) is 0 Å². The number of hydrogen-bond acceptors (Lipinski definition) is 2. The van der Waals surface area contributed by atoms with Crippen molar-refractivity contribution >= 4 is 23.4 Å². The molecule has 0 aromatic heterocycles. The summed E-state index contributed by atoms with van der Waals surface area (Å²) in [5, 5.41) is 3.85. The Balaban J connectivity index is 1.65. The summed E-state index contributed by atoms with van der Waals surface area (Å²) in [5.74, 6) is -0.164. The third-order valence-electron chi connectivity index (χ3n) is 6.69. The van der Waals surface area contributed by atoms with Crippen LogP contribution >= 0.6 is 11.6 Å². The minimum Gasteiger partial charge on any atom is -0.352 e. The molecule has 0 saturated heterocycles. The van der Waals surface area contributed by atoms with Crippen LogP contribution in [-0.2, 0) is 29.0 Å². The van der Waals surface area contributed by atoms with E-state index in [0.717, 1.165) is 47.9 Å². The average molecular weight is 489 g/mol. The molecule has 1 aliphatic rings. The van der Waals surface area contributed by atoms with E-state index in [2.05, 4.69) is 5.32 Å². The fourth-order valence-corrected chi connectivity index (χ4v) is 4.95. The van der Waals surface area contributed by atoms with Crippen molar-refractivity contribution in [3.63, 3.8) is 0 Å². The molecule has 35 heavy (non-hydrogen) atoms. The molecule has 2 amide bonds. The topological polar surface area (TPSA) is 49.4 Å². The second kappa shape index (κ2) is 12.0. The van der Waals surface area contributed by atoms with Crippen molar-refractivity contribution in [1.82, 2.24) is 10.2 Å². The van der Waals surface area contributed by atoms with E-state index < -0.39 is 6.04 Å². The summed E-state index contributed by atoms with van der Waals surface area (Å²) in [6.45, 7) is 2.41. The van der Waals surface area contributed by atoms with Crippen molar-refractivity contribution < 1.29 is 9.59 Å². The lowest BCUT2D eigenvalue weighted by Gasteiger charge is -2.32. The standard InChI is InChI=1S/C30H33ClN2O2/c1-22-14-16-24(17-15-22)21-33(29(34)20-25-10-7-11-26(31)18-25)28(19-23-8-3-2-4-9-23)30(35)32-27-12-5-6-13-27/h2-4,7-11,14-18,27-28H,5-6,12-13,19-21H2,1H3,(H,32,35). The van der Waals surface area contributed by atoms with Gasteiger partial charge in [0, 0.05) is 24.0 Å². The van der Waals surface area contributed by atoms with E-state index in [1.165, 1.54) is 0 Å². The van der Waals surface area contributed by atoms with Crippen LogP contribution in [0.3, 0.4) is 0 Å². The summed E-state index contributed by atoms with van der Waals surface area (Å²) in [6.07, 6.45) is 4.92. The van der Waals surface area contributed by atoms with Crippen LogP contribution in [0.2, 0.25) is 5.02 Å². The zero-order valence-corrected chi connectivity index (χ0v) is 21.0. The Morgan fingerprint density at radius 1 is 0.914 bits per heavy atom. The number of aryl methyl sites for hydroxylation is 1. The molecule has 1 unspecified atom stereocenters. The Morgan fingerprint density at radius 2 is 1.60 bits per heavy atom. The summed E-state index contributed by atoms with van der Waals surface area (Å²) >= 11 is 6.18. The molecule has 3 aromatic carbocycles. The van der Waals surface area contributed by atoms with E-state index in [0.29, 0.717) is 18.0 Å². The second-order valence-corrected chi connectivity index (χ2v) is 9.95. The molecule has 0 radical (unpaired) electrons. The third kappa shape index (κ3) is 7.19. The Bertz CT molecular complexity index is 1120. The van der Waals surface area contributed by atoms with Crippen LogP contribution in [-0.4, -0.2) is 28.8 Å². The summed E-state index contributed by atoms with van der Waals surface area (Å²) in [5.41, 5.74) is 4.03. The van der Waals surface area contributed by atoms with Gasteiger partial charge >= 0.3 is 0 Å². The molecule has 0 bridgehead atoms. The largest absolute Gasteiger partial charge is 0.352 e. The molecule has 1 atom stereocenters. The first-order chi connectivity index (χ1) is 17.0. The van der Waals surface area contributed by atoms with Crippen LogP contribution in [0.4, 0.5) is 0 Å². The summed E-state index contributed by atoms with van der Waals surface area (Å²) in [6, 6.07) is 25.0. The van der Waals surface area contributed by atoms with E-state index in [1.807, 2.05) is 79.7 Å². The number of benzene rings is 3. The molecule has 5 heteroatoms. The summed E-state index contributed by atoms with van der Waals surface area (Å²) in [4.78, 5) is 29.2. The molecular weight excluding hydrogens is 456 g/mol. The number of rotatable bonds is 9. The molecular formula is C30H33ClN2O2. The highest BCUT2D eigenvalue weighted by Gasteiger charge is 2.32. The number of nitrogens with zero attached hydrogens (tertiary/aromatic N) is 1. The quantitative estimate of drug-likeness (QED) is 0.408. The van der Waals surface area contributed by atoms with Crippen molar-refractivity contribution in [2.45, 2.75) is 64.1 Å². The van der Waals surface area contributed by atoms with Gasteiger partial charge < -0.3 is 10.2 Å². The maximum atomic E-state index is 13.8. The SMILES string of the molecule is Cc1ccc(CN(C(=O)Cc2cccc(Cl)c2)C(Cc2ccccc2)C(=O)NC2CCCC2)cc1. The Hall–Kier alpha value is -3.11. The zero-order valence-electron chi connectivity index (χ0n) is 20.3. The molecule has 1 aliphatic carbocycles. The molecule has 3 aromatic rings. The number of nitrogens with one attached hydrogen (secondary N) is 1. The van der Waals surface area contributed by atoms with Crippen LogP contribution in [0.1, 0.15) is 47.9 Å². The molecule has 1 saturated carbocycles. The van der Waals surface area contributed by atoms with Crippen LogP contribution in [0.25, 0.3) is 0 Å². The highest BCUT2D eigenvalue weighted by Crippen LogP contribution is 2.21. The molecule has 4 nitrogen and oxygen atoms in total. The predicted octanol–water partition coefficient (Wildman–Crippen LogP) is 5.89. The van der Waals surface area contributed by atoms with E-state index in [4.69, 9.17) is 11.6 Å². The Morgan fingerprint density at radius 3 is 2.29 bits per heavy atom. The number of carbonyl (C=O) groups excluding carboxylic acids is 2. The number of hydrogen-bond donors (Lipinski definition) is 1. The fraction of sp³-hybridized carbons (Fsp3) is 0.333. The van der Waals surface area contributed by atoms with Crippen LogP contribution in [0, 0.1) is 6.92 Å². The van der Waals surface area contributed by atoms with Crippen molar-refractivity contribution in [2.24, 2.45) is 0 Å².